The number of hydrogen-bond acceptors (Lipinski definition) is 3. The quantitative estimate of drug-likeness (QED) is 0.710. The maximum Gasteiger partial charge on any atom is 0.148 e. The van der Waals surface area contributed by atoms with Crippen LogP contribution in [0.1, 0.15) is 17.9 Å². The number of hydrogen-bond donors (Lipinski definition) is 1. The highest BCUT2D eigenvalue weighted by Crippen LogP contribution is 2.31. The molecule has 0 saturated carbocycles. The first-order valence-electron chi connectivity index (χ1n) is 5.48. The number of ether oxygens (including phenoxy) is 1. The zero-order valence-electron chi connectivity index (χ0n) is 9.77. The van der Waals surface area contributed by atoms with Gasteiger partial charge in [-0.2, -0.15) is 0 Å². The molecule has 1 aromatic heterocycles. The molecule has 1 aromatic carbocycles. The number of nitrogens with two attached hydrogens (primary N) is 1. The smallest absolute Gasteiger partial charge is 0.148 e. The van der Waals surface area contributed by atoms with E-state index in [1.54, 1.807) is 11.3 Å². The van der Waals surface area contributed by atoms with Gasteiger partial charge in [-0.25, -0.2) is 0 Å². The number of benzene rings is 1. The molecule has 0 aliphatic carbocycles. The van der Waals surface area contributed by atoms with Crippen molar-refractivity contribution in [2.45, 2.75) is 19.1 Å². The van der Waals surface area contributed by atoms with Crippen LogP contribution in [0.15, 0.2) is 40.2 Å². The highest BCUT2D eigenvalue weighted by atomic mass is 127. The van der Waals surface area contributed by atoms with Gasteiger partial charge in [0.05, 0.1) is 0 Å². The summed E-state index contributed by atoms with van der Waals surface area (Å²) in [5.41, 5.74) is 6.02. The van der Waals surface area contributed by atoms with Crippen LogP contribution in [-0.4, -0.2) is 6.04 Å². The maximum absolute atomic E-state index is 6.02. The van der Waals surface area contributed by atoms with Crippen LogP contribution in [0.2, 0.25) is 0 Å². The summed E-state index contributed by atoms with van der Waals surface area (Å²) < 4.78 is 8.25. The van der Waals surface area contributed by atoms with Gasteiger partial charge >= 0.3 is 0 Å². The van der Waals surface area contributed by atoms with E-state index in [0.29, 0.717) is 0 Å². The van der Waals surface area contributed by atoms with Crippen molar-refractivity contribution in [2.24, 2.45) is 5.73 Å². The molecular formula is C13H13BrINOS. The average molecular weight is 438 g/mol. The molecule has 2 N–H and O–H groups in total. The summed E-state index contributed by atoms with van der Waals surface area (Å²) in [6.07, 6.45) is -0.110. The minimum Gasteiger partial charge on any atom is -0.483 e. The van der Waals surface area contributed by atoms with Crippen LogP contribution in [0, 0.1) is 3.57 Å². The molecule has 2 atom stereocenters. The van der Waals surface area contributed by atoms with E-state index in [9.17, 15) is 0 Å². The fourth-order valence-electron chi connectivity index (χ4n) is 1.56. The maximum atomic E-state index is 6.02. The molecule has 0 saturated heterocycles. The summed E-state index contributed by atoms with van der Waals surface area (Å²) in [7, 11) is 0. The lowest BCUT2D eigenvalue weighted by Crippen LogP contribution is -2.28. The van der Waals surface area contributed by atoms with Crippen LogP contribution in [0.5, 0.6) is 5.75 Å². The largest absolute Gasteiger partial charge is 0.483 e. The van der Waals surface area contributed by atoms with Gasteiger partial charge in [0.2, 0.25) is 0 Å². The lowest BCUT2D eigenvalue weighted by Gasteiger charge is -2.21. The zero-order chi connectivity index (χ0) is 13.1. The minimum absolute atomic E-state index is 0.0603. The van der Waals surface area contributed by atoms with Crippen molar-refractivity contribution in [3.63, 3.8) is 0 Å². The van der Waals surface area contributed by atoms with Gasteiger partial charge in [0, 0.05) is 24.3 Å². The van der Waals surface area contributed by atoms with E-state index in [4.69, 9.17) is 10.5 Å². The van der Waals surface area contributed by atoms with E-state index in [1.165, 1.54) is 3.57 Å². The summed E-state index contributed by atoms with van der Waals surface area (Å²) in [6.45, 7) is 1.96. The van der Waals surface area contributed by atoms with Gasteiger partial charge in [0.15, 0.2) is 0 Å². The van der Waals surface area contributed by atoms with Crippen molar-refractivity contribution in [1.29, 1.82) is 0 Å². The molecule has 5 heteroatoms. The molecular weight excluding hydrogens is 425 g/mol. The summed E-state index contributed by atoms with van der Waals surface area (Å²) in [5.74, 6) is 0.849. The molecule has 0 spiro atoms. The van der Waals surface area contributed by atoms with Crippen molar-refractivity contribution in [3.05, 3.63) is 48.6 Å². The Morgan fingerprint density at radius 2 is 2.00 bits per heavy atom. The molecule has 0 aliphatic heterocycles. The molecule has 0 bridgehead atoms. The van der Waals surface area contributed by atoms with Gasteiger partial charge in [0.25, 0.3) is 0 Å². The van der Waals surface area contributed by atoms with E-state index in [2.05, 4.69) is 44.6 Å². The molecule has 0 amide bonds. The molecule has 0 fully saturated rings. The molecule has 96 valence electrons. The van der Waals surface area contributed by atoms with Crippen molar-refractivity contribution in [1.82, 2.24) is 0 Å². The minimum atomic E-state index is -0.110. The van der Waals surface area contributed by atoms with E-state index in [1.807, 2.05) is 36.6 Å². The van der Waals surface area contributed by atoms with Gasteiger partial charge in [-0.15, -0.1) is 11.3 Å². The van der Waals surface area contributed by atoms with Gasteiger partial charge in [-0.3, -0.25) is 0 Å². The molecule has 2 rings (SSSR count). The standard InChI is InChI=1S/C13H13BrINOS/c1-8(16)13(12-6-9(14)7-18-12)17-11-4-2-10(15)3-5-11/h2-8,13H,16H2,1H3. The second kappa shape index (κ2) is 6.36. The summed E-state index contributed by atoms with van der Waals surface area (Å²) in [6, 6.07) is 10.00. The molecule has 2 unspecified atom stereocenters. The highest BCUT2D eigenvalue weighted by Gasteiger charge is 2.20. The molecule has 2 aromatic rings. The predicted octanol–water partition coefficient (Wildman–Crippen LogP) is 4.58. The Morgan fingerprint density at radius 3 is 2.50 bits per heavy atom. The van der Waals surface area contributed by atoms with E-state index in [-0.39, 0.29) is 12.1 Å². The summed E-state index contributed by atoms with van der Waals surface area (Å²) >= 11 is 7.39. The first kappa shape index (κ1) is 14.3. The Labute approximate surface area is 133 Å². The highest BCUT2D eigenvalue weighted by molar-refractivity contribution is 14.1. The Morgan fingerprint density at radius 1 is 1.33 bits per heavy atom. The number of thiophene rings is 1. The van der Waals surface area contributed by atoms with E-state index >= 15 is 0 Å². The van der Waals surface area contributed by atoms with Crippen molar-refractivity contribution < 1.29 is 4.74 Å². The molecule has 0 aliphatic rings. The lowest BCUT2D eigenvalue weighted by atomic mass is 10.1. The summed E-state index contributed by atoms with van der Waals surface area (Å²) in [5, 5.41) is 2.04. The Bertz CT molecular complexity index is 512. The van der Waals surface area contributed by atoms with Gasteiger partial charge in [-0.05, 0) is 75.8 Å². The predicted molar refractivity (Wildman–Crippen MR) is 88.2 cm³/mol. The molecule has 0 radical (unpaired) electrons. The van der Waals surface area contributed by atoms with Crippen LogP contribution in [-0.2, 0) is 0 Å². The van der Waals surface area contributed by atoms with Crippen LogP contribution < -0.4 is 10.5 Å². The first-order chi connectivity index (χ1) is 8.56. The van der Waals surface area contributed by atoms with Crippen molar-refractivity contribution in [2.75, 3.05) is 0 Å². The van der Waals surface area contributed by atoms with Gasteiger partial charge < -0.3 is 10.5 Å². The fourth-order valence-corrected chi connectivity index (χ4v) is 3.51. The summed E-state index contributed by atoms with van der Waals surface area (Å²) in [4.78, 5) is 1.13. The van der Waals surface area contributed by atoms with Crippen LogP contribution in [0.3, 0.4) is 0 Å². The third-order valence-corrected chi connectivity index (χ3v) is 4.90. The first-order valence-corrected chi connectivity index (χ1v) is 8.23. The van der Waals surface area contributed by atoms with Crippen molar-refractivity contribution in [3.8, 4) is 5.75 Å². The normalized spacial score (nSPS) is 14.2. The third kappa shape index (κ3) is 3.69. The molecule has 1 heterocycles. The second-order valence-corrected chi connectivity index (χ2v) is 7.12. The van der Waals surface area contributed by atoms with Crippen LogP contribution in [0.25, 0.3) is 0 Å². The molecule has 2 nitrogen and oxygen atoms in total. The van der Waals surface area contributed by atoms with Crippen molar-refractivity contribution >= 4 is 49.9 Å². The lowest BCUT2D eigenvalue weighted by molar-refractivity contribution is 0.184. The average Bonchev–Trinajstić information content (AvgIpc) is 2.74. The fraction of sp³-hybridized carbons (Fsp3) is 0.231. The second-order valence-electron chi connectivity index (χ2n) is 4.02. The number of rotatable bonds is 4. The Hall–Kier alpha value is -0.110. The Balaban J connectivity index is 2.19. The monoisotopic (exact) mass is 437 g/mol. The van der Waals surface area contributed by atoms with Gasteiger partial charge in [-0.1, -0.05) is 0 Å². The van der Waals surface area contributed by atoms with E-state index in [0.717, 1.165) is 15.1 Å². The van der Waals surface area contributed by atoms with Gasteiger partial charge in [0.1, 0.15) is 11.9 Å². The third-order valence-electron chi connectivity index (χ3n) is 2.42. The Kier molecular flexibility index (Phi) is 5.06. The topological polar surface area (TPSA) is 35.2 Å². The SMILES string of the molecule is CC(N)C(Oc1ccc(I)cc1)c1cc(Br)cs1. The van der Waals surface area contributed by atoms with Crippen LogP contribution >= 0.6 is 49.9 Å². The molecule has 18 heavy (non-hydrogen) atoms. The zero-order valence-corrected chi connectivity index (χ0v) is 14.3. The number of halogens is 2. The van der Waals surface area contributed by atoms with Crippen LogP contribution in [0.4, 0.5) is 0 Å². The van der Waals surface area contributed by atoms with E-state index < -0.39 is 0 Å².